The summed E-state index contributed by atoms with van der Waals surface area (Å²) in [5.74, 6) is 0.112. The number of rotatable bonds is 6. The average molecular weight is 285 g/mol. The molecule has 1 atom stereocenters. The van der Waals surface area contributed by atoms with Gasteiger partial charge in [-0.3, -0.25) is 4.79 Å². The molecule has 1 rings (SSSR count). The zero-order valence-corrected chi connectivity index (χ0v) is 13.1. The van der Waals surface area contributed by atoms with E-state index in [0.717, 1.165) is 13.0 Å². The Morgan fingerprint density at radius 2 is 1.79 bits per heavy atom. The highest BCUT2D eigenvalue weighted by molar-refractivity contribution is 5.85. The van der Waals surface area contributed by atoms with E-state index in [9.17, 15) is 4.79 Å². The molecule has 0 spiro atoms. The Balaban J connectivity index is 0.00000324. The van der Waals surface area contributed by atoms with Gasteiger partial charge in [0.05, 0.1) is 0 Å². The number of benzene rings is 1. The summed E-state index contributed by atoms with van der Waals surface area (Å²) in [6.07, 6.45) is 1.42. The summed E-state index contributed by atoms with van der Waals surface area (Å²) in [4.78, 5) is 11.6. The topological polar surface area (TPSA) is 41.1 Å². The van der Waals surface area contributed by atoms with Crippen LogP contribution in [-0.2, 0) is 11.2 Å². The molecule has 1 aromatic carbocycles. The van der Waals surface area contributed by atoms with Crippen molar-refractivity contribution in [2.75, 3.05) is 13.6 Å². The Kier molecular flexibility index (Phi) is 8.44. The number of hydrogen-bond donors (Lipinski definition) is 2. The largest absolute Gasteiger partial charge is 0.353 e. The summed E-state index contributed by atoms with van der Waals surface area (Å²) in [6.45, 7) is 6.98. The number of halogens is 1. The average Bonchev–Trinajstić information content (AvgIpc) is 2.24. The normalized spacial score (nSPS) is 11.6. The number of aryl methyl sites for hydroxylation is 2. The lowest BCUT2D eigenvalue weighted by Gasteiger charge is -2.15. The highest BCUT2D eigenvalue weighted by Crippen LogP contribution is 2.10. The highest BCUT2D eigenvalue weighted by atomic mass is 35.5. The summed E-state index contributed by atoms with van der Waals surface area (Å²) in [6, 6.07) is 6.71. The third kappa shape index (κ3) is 7.19. The molecule has 0 fully saturated rings. The fourth-order valence-electron chi connectivity index (χ4n) is 2.18. The van der Waals surface area contributed by atoms with E-state index in [0.29, 0.717) is 6.42 Å². The second kappa shape index (κ2) is 8.94. The zero-order chi connectivity index (χ0) is 13.5. The molecule has 1 unspecified atom stereocenters. The van der Waals surface area contributed by atoms with Crippen molar-refractivity contribution in [3.8, 4) is 0 Å². The number of carbonyl (C=O) groups excluding carboxylic acids is 1. The van der Waals surface area contributed by atoms with Gasteiger partial charge in [-0.05, 0) is 39.8 Å². The Labute approximate surface area is 122 Å². The van der Waals surface area contributed by atoms with Crippen LogP contribution in [0.5, 0.6) is 0 Å². The van der Waals surface area contributed by atoms with Gasteiger partial charge in [-0.25, -0.2) is 0 Å². The Morgan fingerprint density at radius 3 is 2.32 bits per heavy atom. The molecule has 0 radical (unpaired) electrons. The maximum atomic E-state index is 11.6. The molecule has 0 aliphatic rings. The summed E-state index contributed by atoms with van der Waals surface area (Å²) in [5, 5.41) is 6.00. The lowest BCUT2D eigenvalue weighted by atomic mass is 10.0. The molecule has 19 heavy (non-hydrogen) atoms. The van der Waals surface area contributed by atoms with Crippen LogP contribution in [0.15, 0.2) is 18.2 Å². The number of hydrogen-bond acceptors (Lipinski definition) is 2. The number of amides is 1. The third-order valence-corrected chi connectivity index (χ3v) is 2.83. The van der Waals surface area contributed by atoms with Crippen LogP contribution in [0.3, 0.4) is 0 Å². The van der Waals surface area contributed by atoms with Gasteiger partial charge in [0.2, 0.25) is 5.91 Å². The van der Waals surface area contributed by atoms with Crippen molar-refractivity contribution in [3.63, 3.8) is 0 Å². The molecule has 1 amide bonds. The summed E-state index contributed by atoms with van der Waals surface area (Å²) in [7, 11) is 1.85. The number of nitrogens with one attached hydrogen (secondary N) is 2. The second-order valence-corrected chi connectivity index (χ2v) is 5.02. The van der Waals surface area contributed by atoms with E-state index in [1.165, 1.54) is 16.7 Å². The fourth-order valence-corrected chi connectivity index (χ4v) is 2.18. The van der Waals surface area contributed by atoms with Crippen LogP contribution in [0.4, 0.5) is 0 Å². The molecule has 4 heteroatoms. The van der Waals surface area contributed by atoms with Gasteiger partial charge in [-0.1, -0.05) is 29.3 Å². The van der Waals surface area contributed by atoms with Crippen LogP contribution < -0.4 is 10.6 Å². The van der Waals surface area contributed by atoms with Crippen molar-refractivity contribution in [3.05, 3.63) is 34.9 Å². The summed E-state index contributed by atoms with van der Waals surface area (Å²) < 4.78 is 0. The fraction of sp³-hybridized carbons (Fsp3) is 0.533. The molecule has 0 aliphatic heterocycles. The Bertz CT molecular complexity index is 387. The van der Waals surface area contributed by atoms with Gasteiger partial charge in [-0.2, -0.15) is 0 Å². The first kappa shape index (κ1) is 17.9. The summed E-state index contributed by atoms with van der Waals surface area (Å²) >= 11 is 0. The maximum Gasteiger partial charge on any atom is 0.221 e. The van der Waals surface area contributed by atoms with Crippen LogP contribution in [-0.4, -0.2) is 25.5 Å². The lowest BCUT2D eigenvalue weighted by Crippen LogP contribution is -2.35. The SMILES string of the molecule is CNCCC(=O)NC(C)Cc1cc(C)cc(C)c1.Cl. The first-order chi connectivity index (χ1) is 8.51. The van der Waals surface area contributed by atoms with Crippen molar-refractivity contribution in [2.24, 2.45) is 0 Å². The van der Waals surface area contributed by atoms with E-state index in [-0.39, 0.29) is 24.4 Å². The molecule has 0 bridgehead atoms. The summed E-state index contributed by atoms with van der Waals surface area (Å²) in [5.41, 5.74) is 3.84. The molecule has 0 aromatic heterocycles. The molecule has 108 valence electrons. The quantitative estimate of drug-likeness (QED) is 0.842. The molecule has 0 saturated carbocycles. The smallest absolute Gasteiger partial charge is 0.221 e. The minimum Gasteiger partial charge on any atom is -0.353 e. The molecule has 0 aliphatic carbocycles. The third-order valence-electron chi connectivity index (χ3n) is 2.83. The van der Waals surface area contributed by atoms with E-state index in [4.69, 9.17) is 0 Å². The van der Waals surface area contributed by atoms with Crippen molar-refractivity contribution < 1.29 is 4.79 Å². The van der Waals surface area contributed by atoms with E-state index >= 15 is 0 Å². The van der Waals surface area contributed by atoms with Gasteiger partial charge in [0, 0.05) is 19.0 Å². The molecule has 2 N–H and O–H groups in total. The standard InChI is InChI=1S/C15H24N2O.ClH/c1-11-7-12(2)9-14(8-11)10-13(3)17-15(18)5-6-16-4;/h7-9,13,16H,5-6,10H2,1-4H3,(H,17,18);1H. The van der Waals surface area contributed by atoms with E-state index in [1.54, 1.807) is 0 Å². The van der Waals surface area contributed by atoms with Gasteiger partial charge in [0.25, 0.3) is 0 Å². The van der Waals surface area contributed by atoms with Crippen LogP contribution in [0, 0.1) is 13.8 Å². The second-order valence-electron chi connectivity index (χ2n) is 5.02. The zero-order valence-electron chi connectivity index (χ0n) is 12.2. The van der Waals surface area contributed by atoms with E-state index in [1.807, 2.05) is 7.05 Å². The van der Waals surface area contributed by atoms with Gasteiger partial charge in [-0.15, -0.1) is 12.4 Å². The molecule has 0 saturated heterocycles. The minimum atomic E-state index is 0. The maximum absolute atomic E-state index is 11.6. The molecular weight excluding hydrogens is 260 g/mol. The lowest BCUT2D eigenvalue weighted by molar-refractivity contribution is -0.121. The van der Waals surface area contributed by atoms with Gasteiger partial charge >= 0.3 is 0 Å². The van der Waals surface area contributed by atoms with Crippen molar-refractivity contribution >= 4 is 18.3 Å². The van der Waals surface area contributed by atoms with Crippen LogP contribution in [0.1, 0.15) is 30.0 Å². The highest BCUT2D eigenvalue weighted by Gasteiger charge is 2.08. The number of carbonyl (C=O) groups is 1. The van der Waals surface area contributed by atoms with Gasteiger partial charge in [0.1, 0.15) is 0 Å². The van der Waals surface area contributed by atoms with Crippen molar-refractivity contribution in [1.29, 1.82) is 0 Å². The Morgan fingerprint density at radius 1 is 1.21 bits per heavy atom. The van der Waals surface area contributed by atoms with Crippen molar-refractivity contribution in [1.82, 2.24) is 10.6 Å². The minimum absolute atomic E-state index is 0. The predicted octanol–water partition coefficient (Wildman–Crippen LogP) is 2.38. The van der Waals surface area contributed by atoms with Crippen LogP contribution in [0.2, 0.25) is 0 Å². The van der Waals surface area contributed by atoms with Gasteiger partial charge in [0.15, 0.2) is 0 Å². The Hall–Kier alpha value is -1.06. The van der Waals surface area contributed by atoms with E-state index in [2.05, 4.69) is 49.6 Å². The molecule has 0 heterocycles. The molecule has 3 nitrogen and oxygen atoms in total. The first-order valence-electron chi connectivity index (χ1n) is 6.52. The van der Waals surface area contributed by atoms with E-state index < -0.39 is 0 Å². The van der Waals surface area contributed by atoms with Crippen LogP contribution >= 0.6 is 12.4 Å². The van der Waals surface area contributed by atoms with Gasteiger partial charge < -0.3 is 10.6 Å². The van der Waals surface area contributed by atoms with Crippen molar-refractivity contribution in [2.45, 2.75) is 39.7 Å². The monoisotopic (exact) mass is 284 g/mol. The van der Waals surface area contributed by atoms with Crippen LogP contribution in [0.25, 0.3) is 0 Å². The molecule has 1 aromatic rings. The molecular formula is C15H25ClN2O. The first-order valence-corrected chi connectivity index (χ1v) is 6.52. The predicted molar refractivity (Wildman–Crippen MR) is 83.0 cm³/mol.